The van der Waals surface area contributed by atoms with Crippen LogP contribution in [0.4, 0.5) is 11.9 Å². The summed E-state index contributed by atoms with van der Waals surface area (Å²) < 4.78 is 5.40. The number of nitrogens with zero attached hydrogens (tertiary/aromatic N) is 3. The summed E-state index contributed by atoms with van der Waals surface area (Å²) in [6, 6.07) is 0.242. The van der Waals surface area contributed by atoms with Crippen LogP contribution in [0.25, 0.3) is 0 Å². The molecule has 0 amide bonds. The lowest BCUT2D eigenvalue weighted by Crippen LogP contribution is -2.30. The molecule has 2 atom stereocenters. The molecule has 1 saturated carbocycles. The van der Waals surface area contributed by atoms with E-state index in [9.17, 15) is 5.11 Å². The molecule has 2 rings (SSSR count). The first-order valence-electron chi connectivity index (χ1n) is 7.50. The molecule has 2 unspecified atom stereocenters. The first-order valence-corrected chi connectivity index (χ1v) is 7.50. The average Bonchev–Trinajstić information content (AvgIpc) is 2.52. The third kappa shape index (κ3) is 4.68. The van der Waals surface area contributed by atoms with Gasteiger partial charge in [-0.1, -0.05) is 19.8 Å². The fraction of sp³-hybridized carbons (Fsp3) is 0.769. The van der Waals surface area contributed by atoms with Gasteiger partial charge in [-0.2, -0.15) is 15.0 Å². The van der Waals surface area contributed by atoms with Crippen molar-refractivity contribution in [3.63, 3.8) is 0 Å². The van der Waals surface area contributed by atoms with Crippen LogP contribution in [-0.4, -0.2) is 39.3 Å². The highest BCUT2D eigenvalue weighted by molar-refractivity contribution is 5.34. The molecule has 118 valence electrons. The van der Waals surface area contributed by atoms with Gasteiger partial charge in [-0.3, -0.25) is 5.43 Å². The number of nitrogens with two attached hydrogens (primary N) is 1. The van der Waals surface area contributed by atoms with Crippen molar-refractivity contribution in [3.8, 4) is 6.01 Å². The Bertz CT molecular complexity index is 445. The van der Waals surface area contributed by atoms with Gasteiger partial charge in [-0.05, 0) is 19.3 Å². The Morgan fingerprint density at radius 1 is 1.24 bits per heavy atom. The number of aliphatic hydroxyl groups excluding tert-OH is 1. The number of hydrogen-bond acceptors (Lipinski definition) is 8. The van der Waals surface area contributed by atoms with Crippen molar-refractivity contribution in [2.24, 2.45) is 11.8 Å². The zero-order valence-corrected chi connectivity index (χ0v) is 12.4. The predicted molar refractivity (Wildman–Crippen MR) is 79.9 cm³/mol. The van der Waals surface area contributed by atoms with Crippen LogP contribution in [-0.2, 0) is 0 Å². The minimum atomic E-state index is -0.254. The highest BCUT2D eigenvalue weighted by Gasteiger charge is 2.23. The molecule has 1 aliphatic rings. The van der Waals surface area contributed by atoms with Crippen molar-refractivity contribution < 1.29 is 9.84 Å². The predicted octanol–water partition coefficient (Wildman–Crippen LogP) is 0.909. The van der Waals surface area contributed by atoms with Crippen LogP contribution in [0.2, 0.25) is 0 Å². The molecule has 21 heavy (non-hydrogen) atoms. The van der Waals surface area contributed by atoms with Crippen LogP contribution in [0.15, 0.2) is 0 Å². The van der Waals surface area contributed by atoms with Crippen molar-refractivity contribution in [3.05, 3.63) is 0 Å². The second kappa shape index (κ2) is 7.94. The second-order valence-corrected chi connectivity index (χ2v) is 5.25. The van der Waals surface area contributed by atoms with E-state index >= 15 is 0 Å². The molecule has 5 N–H and O–H groups in total. The topological polar surface area (TPSA) is 118 Å². The molecule has 0 radical (unpaired) electrons. The third-order valence-electron chi connectivity index (χ3n) is 3.57. The minimum Gasteiger partial charge on any atom is -0.463 e. The normalized spacial score (nSPS) is 21.9. The molecule has 1 aromatic heterocycles. The molecular weight excluding hydrogens is 272 g/mol. The largest absolute Gasteiger partial charge is 0.463 e. The van der Waals surface area contributed by atoms with Crippen LogP contribution in [0, 0.1) is 5.92 Å². The van der Waals surface area contributed by atoms with Gasteiger partial charge in [0, 0.05) is 12.5 Å². The van der Waals surface area contributed by atoms with E-state index in [2.05, 4.69) is 25.7 Å². The number of nitrogens with one attached hydrogen (secondary N) is 2. The number of rotatable bonds is 7. The summed E-state index contributed by atoms with van der Waals surface area (Å²) in [5.41, 5.74) is 2.40. The van der Waals surface area contributed by atoms with Crippen molar-refractivity contribution in [2.45, 2.75) is 45.1 Å². The summed E-state index contributed by atoms with van der Waals surface area (Å²) >= 11 is 0. The number of aromatic nitrogens is 3. The number of nitrogen functional groups attached to an aromatic ring is 1. The Labute approximate surface area is 124 Å². The Morgan fingerprint density at radius 2 is 2.00 bits per heavy atom. The number of aliphatic hydroxyl groups is 1. The Morgan fingerprint density at radius 3 is 2.71 bits per heavy atom. The molecule has 0 saturated heterocycles. The van der Waals surface area contributed by atoms with Gasteiger partial charge in [-0.25, -0.2) is 5.84 Å². The molecule has 1 heterocycles. The maximum atomic E-state index is 9.97. The van der Waals surface area contributed by atoms with Gasteiger partial charge in [0.05, 0.1) is 12.7 Å². The smallest absolute Gasteiger partial charge is 0.323 e. The SMILES string of the molecule is CCCOc1nc(NN)nc(NCC2CCCCC2O)n1. The molecule has 0 aromatic carbocycles. The molecule has 0 spiro atoms. The fourth-order valence-corrected chi connectivity index (χ4v) is 2.41. The van der Waals surface area contributed by atoms with E-state index in [0.29, 0.717) is 19.1 Å². The summed E-state index contributed by atoms with van der Waals surface area (Å²) in [6.45, 7) is 3.17. The fourth-order valence-electron chi connectivity index (χ4n) is 2.41. The van der Waals surface area contributed by atoms with Crippen molar-refractivity contribution in [1.82, 2.24) is 15.0 Å². The van der Waals surface area contributed by atoms with Crippen LogP contribution in [0.5, 0.6) is 6.01 Å². The quantitative estimate of drug-likeness (QED) is 0.433. The van der Waals surface area contributed by atoms with E-state index < -0.39 is 0 Å². The summed E-state index contributed by atoms with van der Waals surface area (Å²) in [5.74, 6) is 6.23. The van der Waals surface area contributed by atoms with E-state index in [0.717, 1.165) is 32.1 Å². The molecule has 8 heteroatoms. The first-order chi connectivity index (χ1) is 10.2. The summed E-state index contributed by atoms with van der Waals surface area (Å²) in [7, 11) is 0. The Balaban J connectivity index is 1.97. The average molecular weight is 296 g/mol. The summed E-state index contributed by atoms with van der Waals surface area (Å²) in [5, 5.41) is 13.1. The third-order valence-corrected chi connectivity index (χ3v) is 3.57. The van der Waals surface area contributed by atoms with Crippen LogP contribution < -0.4 is 21.3 Å². The maximum absolute atomic E-state index is 9.97. The van der Waals surface area contributed by atoms with Gasteiger partial charge in [0.25, 0.3) is 0 Å². The van der Waals surface area contributed by atoms with E-state index in [-0.39, 0.29) is 24.0 Å². The van der Waals surface area contributed by atoms with Gasteiger partial charge in [0.1, 0.15) is 0 Å². The molecule has 0 bridgehead atoms. The highest BCUT2D eigenvalue weighted by Crippen LogP contribution is 2.24. The zero-order valence-electron chi connectivity index (χ0n) is 12.4. The van der Waals surface area contributed by atoms with Crippen molar-refractivity contribution in [2.75, 3.05) is 23.9 Å². The molecule has 0 aliphatic heterocycles. The van der Waals surface area contributed by atoms with Crippen LogP contribution >= 0.6 is 0 Å². The van der Waals surface area contributed by atoms with Gasteiger partial charge in [0.2, 0.25) is 11.9 Å². The number of anilines is 2. The monoisotopic (exact) mass is 296 g/mol. The molecule has 1 aromatic rings. The second-order valence-electron chi connectivity index (χ2n) is 5.25. The van der Waals surface area contributed by atoms with Crippen LogP contribution in [0.1, 0.15) is 39.0 Å². The summed E-state index contributed by atoms with van der Waals surface area (Å²) in [6.07, 6.45) is 4.75. The molecule has 1 fully saturated rings. The number of hydrogen-bond donors (Lipinski definition) is 4. The Kier molecular flexibility index (Phi) is 5.94. The lowest BCUT2D eigenvalue weighted by molar-refractivity contribution is 0.0762. The van der Waals surface area contributed by atoms with Gasteiger partial charge >= 0.3 is 6.01 Å². The zero-order chi connectivity index (χ0) is 15.1. The van der Waals surface area contributed by atoms with E-state index in [1.54, 1.807) is 0 Å². The lowest BCUT2D eigenvalue weighted by Gasteiger charge is -2.27. The molecule has 1 aliphatic carbocycles. The van der Waals surface area contributed by atoms with Gasteiger partial charge in [0.15, 0.2) is 0 Å². The molecular formula is C13H24N6O2. The molecule has 8 nitrogen and oxygen atoms in total. The van der Waals surface area contributed by atoms with Crippen LogP contribution in [0.3, 0.4) is 0 Å². The van der Waals surface area contributed by atoms with Gasteiger partial charge < -0.3 is 15.2 Å². The van der Waals surface area contributed by atoms with E-state index in [4.69, 9.17) is 10.6 Å². The highest BCUT2D eigenvalue weighted by atomic mass is 16.5. The minimum absolute atomic E-state index is 0.227. The van der Waals surface area contributed by atoms with E-state index in [1.165, 1.54) is 0 Å². The summed E-state index contributed by atoms with van der Waals surface area (Å²) in [4.78, 5) is 12.4. The Hall–Kier alpha value is -1.67. The van der Waals surface area contributed by atoms with Crippen molar-refractivity contribution >= 4 is 11.9 Å². The number of hydrazine groups is 1. The lowest BCUT2D eigenvalue weighted by atomic mass is 9.86. The van der Waals surface area contributed by atoms with E-state index in [1.807, 2.05) is 6.92 Å². The first kappa shape index (κ1) is 15.7. The number of ether oxygens (including phenoxy) is 1. The van der Waals surface area contributed by atoms with Crippen molar-refractivity contribution in [1.29, 1.82) is 0 Å². The van der Waals surface area contributed by atoms with Gasteiger partial charge in [-0.15, -0.1) is 0 Å². The maximum Gasteiger partial charge on any atom is 0.323 e. The standard InChI is InChI=1S/C13H24N6O2/c1-2-7-21-13-17-11(16-12(18-13)19-14)15-8-9-5-3-4-6-10(9)20/h9-10,20H,2-8,14H2,1H3,(H2,15,16,17,18,19).